The molecule has 21 heavy (non-hydrogen) atoms. The SMILES string of the molecule is CCC(Nc1cccc(OC(F)(F)F)c1)c1ccccc1. The highest BCUT2D eigenvalue weighted by Crippen LogP contribution is 2.28. The Kier molecular flexibility index (Phi) is 4.73. The van der Waals surface area contributed by atoms with Crippen LogP contribution in [0.25, 0.3) is 0 Å². The van der Waals surface area contributed by atoms with E-state index in [0.29, 0.717) is 5.69 Å². The molecule has 0 saturated heterocycles. The third-order valence-corrected chi connectivity index (χ3v) is 3.02. The van der Waals surface area contributed by atoms with Crippen LogP contribution in [-0.4, -0.2) is 6.36 Å². The molecule has 0 aromatic heterocycles. The van der Waals surface area contributed by atoms with Crippen molar-refractivity contribution in [2.45, 2.75) is 25.7 Å². The van der Waals surface area contributed by atoms with E-state index in [2.05, 4.69) is 10.1 Å². The molecule has 0 aliphatic carbocycles. The van der Waals surface area contributed by atoms with Gasteiger partial charge in [-0.3, -0.25) is 0 Å². The second-order valence-electron chi connectivity index (χ2n) is 4.59. The summed E-state index contributed by atoms with van der Waals surface area (Å²) in [6, 6.07) is 15.7. The van der Waals surface area contributed by atoms with Crippen LogP contribution in [0.3, 0.4) is 0 Å². The monoisotopic (exact) mass is 295 g/mol. The van der Waals surface area contributed by atoms with Gasteiger partial charge in [0, 0.05) is 11.8 Å². The van der Waals surface area contributed by atoms with Gasteiger partial charge >= 0.3 is 6.36 Å². The van der Waals surface area contributed by atoms with E-state index in [0.717, 1.165) is 12.0 Å². The summed E-state index contributed by atoms with van der Waals surface area (Å²) in [6.45, 7) is 2.01. The Hall–Kier alpha value is -2.17. The summed E-state index contributed by atoms with van der Waals surface area (Å²) in [5, 5.41) is 3.22. The molecule has 0 radical (unpaired) electrons. The van der Waals surface area contributed by atoms with E-state index in [1.54, 1.807) is 6.07 Å². The van der Waals surface area contributed by atoms with E-state index < -0.39 is 6.36 Å². The molecule has 0 amide bonds. The van der Waals surface area contributed by atoms with Gasteiger partial charge in [-0.25, -0.2) is 0 Å². The zero-order valence-electron chi connectivity index (χ0n) is 11.5. The van der Waals surface area contributed by atoms with E-state index in [9.17, 15) is 13.2 Å². The molecule has 5 heteroatoms. The maximum absolute atomic E-state index is 12.2. The fourth-order valence-corrected chi connectivity index (χ4v) is 2.09. The Bertz CT molecular complexity index is 569. The van der Waals surface area contributed by atoms with Gasteiger partial charge in [0.05, 0.1) is 6.04 Å². The normalized spacial score (nSPS) is 12.8. The van der Waals surface area contributed by atoms with Crippen LogP contribution in [0.5, 0.6) is 5.75 Å². The zero-order valence-corrected chi connectivity index (χ0v) is 11.5. The number of alkyl halides is 3. The number of hydrogen-bond acceptors (Lipinski definition) is 2. The van der Waals surface area contributed by atoms with Crippen molar-refractivity contribution in [3.05, 3.63) is 60.2 Å². The molecule has 0 fully saturated rings. The van der Waals surface area contributed by atoms with Crippen molar-refractivity contribution in [2.24, 2.45) is 0 Å². The van der Waals surface area contributed by atoms with E-state index >= 15 is 0 Å². The van der Waals surface area contributed by atoms with E-state index in [4.69, 9.17) is 0 Å². The summed E-state index contributed by atoms with van der Waals surface area (Å²) in [5.74, 6) is -0.226. The van der Waals surface area contributed by atoms with Crippen molar-refractivity contribution in [2.75, 3.05) is 5.32 Å². The molecule has 2 rings (SSSR count). The largest absolute Gasteiger partial charge is 0.573 e. The fourth-order valence-electron chi connectivity index (χ4n) is 2.09. The fraction of sp³-hybridized carbons (Fsp3) is 0.250. The van der Waals surface area contributed by atoms with Gasteiger partial charge in [-0.2, -0.15) is 0 Å². The van der Waals surface area contributed by atoms with E-state index in [-0.39, 0.29) is 11.8 Å². The maximum Gasteiger partial charge on any atom is 0.573 e. The van der Waals surface area contributed by atoms with Crippen molar-refractivity contribution >= 4 is 5.69 Å². The van der Waals surface area contributed by atoms with Crippen molar-refractivity contribution < 1.29 is 17.9 Å². The highest BCUT2D eigenvalue weighted by molar-refractivity contribution is 5.50. The second-order valence-corrected chi connectivity index (χ2v) is 4.59. The Morgan fingerprint density at radius 1 is 1.05 bits per heavy atom. The van der Waals surface area contributed by atoms with Gasteiger partial charge in [0.25, 0.3) is 0 Å². The van der Waals surface area contributed by atoms with Crippen molar-refractivity contribution in [1.82, 2.24) is 0 Å². The lowest BCUT2D eigenvalue weighted by Crippen LogP contribution is -2.17. The second kappa shape index (κ2) is 6.52. The van der Waals surface area contributed by atoms with Gasteiger partial charge in [-0.15, -0.1) is 13.2 Å². The lowest BCUT2D eigenvalue weighted by Gasteiger charge is -2.19. The van der Waals surface area contributed by atoms with Crippen LogP contribution in [0.4, 0.5) is 18.9 Å². The predicted molar refractivity (Wildman–Crippen MR) is 76.2 cm³/mol. The first-order valence-corrected chi connectivity index (χ1v) is 6.65. The van der Waals surface area contributed by atoms with Crippen molar-refractivity contribution in [3.63, 3.8) is 0 Å². The molecule has 2 nitrogen and oxygen atoms in total. The lowest BCUT2D eigenvalue weighted by atomic mass is 10.0. The number of hydrogen-bond donors (Lipinski definition) is 1. The van der Waals surface area contributed by atoms with E-state index in [1.807, 2.05) is 37.3 Å². The lowest BCUT2D eigenvalue weighted by molar-refractivity contribution is -0.274. The summed E-state index contributed by atoms with van der Waals surface area (Å²) >= 11 is 0. The highest BCUT2D eigenvalue weighted by atomic mass is 19.4. The van der Waals surface area contributed by atoms with Crippen LogP contribution < -0.4 is 10.1 Å². The Labute approximate surface area is 121 Å². The zero-order chi connectivity index (χ0) is 15.3. The predicted octanol–water partition coefficient (Wildman–Crippen LogP) is 5.15. The van der Waals surface area contributed by atoms with Gasteiger partial charge in [-0.1, -0.05) is 43.3 Å². The van der Waals surface area contributed by atoms with Crippen LogP contribution in [0.2, 0.25) is 0 Å². The van der Waals surface area contributed by atoms with Gasteiger partial charge in [0.2, 0.25) is 0 Å². The summed E-state index contributed by atoms with van der Waals surface area (Å²) in [5.41, 5.74) is 1.68. The molecule has 0 bridgehead atoms. The summed E-state index contributed by atoms with van der Waals surface area (Å²) in [7, 11) is 0. The first kappa shape index (κ1) is 15.2. The van der Waals surface area contributed by atoms with E-state index in [1.165, 1.54) is 18.2 Å². The molecular weight excluding hydrogens is 279 g/mol. The average Bonchev–Trinajstić information content (AvgIpc) is 2.44. The standard InChI is InChI=1S/C16H16F3NO/c1-2-15(12-7-4-3-5-8-12)20-13-9-6-10-14(11-13)21-16(17,18)19/h3-11,15,20H,2H2,1H3. The number of halogens is 3. The van der Waals surface area contributed by atoms with Gasteiger partial charge in [0.15, 0.2) is 0 Å². The van der Waals surface area contributed by atoms with Crippen LogP contribution in [0, 0.1) is 0 Å². The third kappa shape index (κ3) is 4.70. The Morgan fingerprint density at radius 3 is 2.38 bits per heavy atom. The minimum absolute atomic E-state index is 0.0346. The van der Waals surface area contributed by atoms with Gasteiger partial charge in [0.1, 0.15) is 5.75 Å². The molecule has 2 aromatic carbocycles. The molecule has 1 atom stereocenters. The quantitative estimate of drug-likeness (QED) is 0.823. The third-order valence-electron chi connectivity index (χ3n) is 3.02. The summed E-state index contributed by atoms with van der Waals surface area (Å²) < 4.78 is 40.6. The smallest absolute Gasteiger partial charge is 0.406 e. The molecule has 0 aliphatic heterocycles. The molecule has 112 valence electrons. The number of rotatable bonds is 5. The number of anilines is 1. The maximum atomic E-state index is 12.2. The molecular formula is C16H16F3NO. The minimum atomic E-state index is -4.68. The number of ether oxygens (including phenoxy) is 1. The number of nitrogens with one attached hydrogen (secondary N) is 1. The summed E-state index contributed by atoms with van der Waals surface area (Å²) in [6.07, 6.45) is -3.86. The van der Waals surface area contributed by atoms with Crippen molar-refractivity contribution in [1.29, 1.82) is 0 Å². The topological polar surface area (TPSA) is 21.3 Å². The van der Waals surface area contributed by atoms with Gasteiger partial charge < -0.3 is 10.1 Å². The average molecular weight is 295 g/mol. The van der Waals surface area contributed by atoms with Gasteiger partial charge in [-0.05, 0) is 24.1 Å². The van der Waals surface area contributed by atoms with Crippen LogP contribution >= 0.6 is 0 Å². The Morgan fingerprint density at radius 2 is 1.76 bits per heavy atom. The summed E-state index contributed by atoms with van der Waals surface area (Å²) in [4.78, 5) is 0. The molecule has 0 heterocycles. The molecule has 1 unspecified atom stereocenters. The Balaban J connectivity index is 2.13. The first-order chi connectivity index (χ1) is 9.98. The first-order valence-electron chi connectivity index (χ1n) is 6.65. The highest BCUT2D eigenvalue weighted by Gasteiger charge is 2.31. The van der Waals surface area contributed by atoms with Crippen LogP contribution in [0.15, 0.2) is 54.6 Å². The molecule has 0 spiro atoms. The van der Waals surface area contributed by atoms with Crippen LogP contribution in [0.1, 0.15) is 24.9 Å². The van der Waals surface area contributed by atoms with Crippen molar-refractivity contribution in [3.8, 4) is 5.75 Å². The number of benzene rings is 2. The van der Waals surface area contributed by atoms with Crippen LogP contribution in [-0.2, 0) is 0 Å². The molecule has 1 N–H and O–H groups in total. The molecule has 0 saturated carbocycles. The molecule has 0 aliphatic rings. The molecule has 2 aromatic rings. The minimum Gasteiger partial charge on any atom is -0.406 e.